The second-order valence-corrected chi connectivity index (χ2v) is 4.86. The van der Waals surface area contributed by atoms with Crippen molar-refractivity contribution in [2.75, 3.05) is 27.4 Å². The second-order valence-electron chi connectivity index (χ2n) is 4.86. The van der Waals surface area contributed by atoms with Crippen LogP contribution in [0.25, 0.3) is 0 Å². The molecule has 0 rings (SSSR count). The summed E-state index contributed by atoms with van der Waals surface area (Å²) in [7, 11) is 2.87. The van der Waals surface area contributed by atoms with Crippen molar-refractivity contribution in [2.45, 2.75) is 52.0 Å². The van der Waals surface area contributed by atoms with Crippen LogP contribution in [0.15, 0.2) is 9.98 Å². The third-order valence-corrected chi connectivity index (χ3v) is 2.77. The lowest BCUT2D eigenvalue weighted by Gasteiger charge is -2.12. The zero-order valence-electron chi connectivity index (χ0n) is 16.1. The Kier molecular flexibility index (Phi) is 16.3. The lowest BCUT2D eigenvalue weighted by Crippen LogP contribution is -2.32. The number of methoxy groups -OCH3 is 2. The summed E-state index contributed by atoms with van der Waals surface area (Å²) in [6.45, 7) is 7.03. The molecule has 0 fully saturated rings. The molecule has 0 aliphatic rings. The first-order valence-electron chi connectivity index (χ1n) is 8.04. The van der Waals surface area contributed by atoms with Crippen molar-refractivity contribution in [2.24, 2.45) is 9.98 Å². The van der Waals surface area contributed by atoms with E-state index in [2.05, 4.69) is 28.9 Å². The molecule has 10 heteroatoms. The van der Waals surface area contributed by atoms with E-state index < -0.39 is 36.2 Å². The molecule has 0 amide bonds. The van der Waals surface area contributed by atoms with Gasteiger partial charge in [-0.3, -0.25) is 9.98 Å². The number of aliphatic hydroxyl groups is 2. The highest BCUT2D eigenvalue weighted by Gasteiger charge is 2.23. The highest BCUT2D eigenvalue weighted by Crippen LogP contribution is 2.01. The van der Waals surface area contributed by atoms with E-state index in [1.807, 2.05) is 0 Å². The van der Waals surface area contributed by atoms with Crippen LogP contribution in [0.2, 0.25) is 0 Å². The highest BCUT2D eigenvalue weighted by molar-refractivity contribution is 5.75. The number of esters is 2. The van der Waals surface area contributed by atoms with Crippen LogP contribution in [0.3, 0.4) is 0 Å². The fourth-order valence-electron chi connectivity index (χ4n) is 1.33. The molecule has 4 unspecified atom stereocenters. The van der Waals surface area contributed by atoms with Crippen molar-refractivity contribution in [3.8, 4) is 0 Å². The molecule has 0 saturated heterocycles. The Hall–Kier alpha value is -2.20. The van der Waals surface area contributed by atoms with Gasteiger partial charge >= 0.3 is 11.9 Å². The van der Waals surface area contributed by atoms with E-state index in [1.165, 1.54) is 27.0 Å². The minimum Gasteiger partial charge on any atom is -0.487 e. The van der Waals surface area contributed by atoms with Crippen molar-refractivity contribution in [3.63, 3.8) is 0 Å². The maximum Gasteiger partial charge on any atom is 0.337 e. The Labute approximate surface area is 153 Å². The summed E-state index contributed by atoms with van der Waals surface area (Å²) in [5.74, 6) is -1.33. The van der Waals surface area contributed by atoms with Gasteiger partial charge < -0.3 is 29.2 Å². The van der Waals surface area contributed by atoms with Crippen LogP contribution in [-0.2, 0) is 28.5 Å². The minimum atomic E-state index is -1.23. The lowest BCUT2D eigenvalue weighted by atomic mass is 10.2. The van der Waals surface area contributed by atoms with Crippen LogP contribution in [0.4, 0.5) is 0 Å². The molecule has 26 heavy (non-hydrogen) atoms. The van der Waals surface area contributed by atoms with Crippen LogP contribution in [-0.4, -0.2) is 86.7 Å². The average molecular weight is 378 g/mol. The van der Waals surface area contributed by atoms with E-state index in [0.717, 1.165) is 0 Å². The molecular weight excluding hydrogens is 348 g/mol. The molecule has 0 bridgehead atoms. The fraction of sp³-hybridized carbons (Fsp3) is 0.750. The Bertz CT molecular complexity index is 402. The van der Waals surface area contributed by atoms with Gasteiger partial charge in [-0.1, -0.05) is 0 Å². The second kappa shape index (κ2) is 16.3. The van der Waals surface area contributed by atoms with Crippen LogP contribution in [0, 0.1) is 0 Å². The van der Waals surface area contributed by atoms with Crippen LogP contribution < -0.4 is 0 Å². The smallest absolute Gasteiger partial charge is 0.337 e. The predicted octanol–water partition coefficient (Wildman–Crippen LogP) is -0.0528. The molecule has 152 valence electrons. The number of nitrogens with zero attached hydrogens (tertiary/aromatic N) is 2. The maximum atomic E-state index is 11.0. The van der Waals surface area contributed by atoms with Gasteiger partial charge in [-0.2, -0.15) is 0 Å². The monoisotopic (exact) mass is 378 g/mol. The first-order valence-corrected chi connectivity index (χ1v) is 8.04. The maximum absolute atomic E-state index is 11.0. The van der Waals surface area contributed by atoms with E-state index >= 15 is 0 Å². The Balaban J connectivity index is 0. The predicted molar refractivity (Wildman–Crippen MR) is 95.2 cm³/mol. The van der Waals surface area contributed by atoms with Crippen molar-refractivity contribution in [1.82, 2.24) is 0 Å². The quantitative estimate of drug-likeness (QED) is 0.307. The fourth-order valence-corrected chi connectivity index (χ4v) is 1.33. The largest absolute Gasteiger partial charge is 0.487 e. The minimum absolute atomic E-state index is 0.247. The molecule has 0 spiro atoms. The first-order chi connectivity index (χ1) is 12.3. The number of rotatable bonds is 10. The molecule has 0 radical (unpaired) electrons. The number of ether oxygens (including phenoxy) is 4. The zero-order valence-corrected chi connectivity index (χ0v) is 16.1. The molecule has 0 aliphatic heterocycles. The Morgan fingerprint density at radius 3 is 1.38 bits per heavy atom. The van der Waals surface area contributed by atoms with Crippen molar-refractivity contribution in [1.29, 1.82) is 0 Å². The molecule has 0 heterocycles. The molecule has 0 aromatic rings. The number of hydrogen-bond acceptors (Lipinski definition) is 10. The SMILES string of the molecule is CCOC(=O)C(O)C(C)N=COC.CCOC(=O)C(O)C(C)N=COC. The highest BCUT2D eigenvalue weighted by atomic mass is 16.6. The molecule has 0 aromatic carbocycles. The van der Waals surface area contributed by atoms with E-state index in [4.69, 9.17) is 0 Å². The van der Waals surface area contributed by atoms with Gasteiger partial charge in [0.2, 0.25) is 0 Å². The van der Waals surface area contributed by atoms with Crippen LogP contribution in [0.5, 0.6) is 0 Å². The number of aliphatic imine (C=N–C) groups is 2. The van der Waals surface area contributed by atoms with Gasteiger partial charge in [-0.25, -0.2) is 9.59 Å². The van der Waals surface area contributed by atoms with Gasteiger partial charge in [-0.15, -0.1) is 0 Å². The lowest BCUT2D eigenvalue weighted by molar-refractivity contribution is -0.154. The van der Waals surface area contributed by atoms with E-state index in [-0.39, 0.29) is 13.2 Å². The normalized spacial score (nSPS) is 15.4. The molecular formula is C16H30N2O8. The number of carbonyl (C=O) groups excluding carboxylic acids is 2. The summed E-state index contributed by atoms with van der Waals surface area (Å²) < 4.78 is 18.3. The number of hydrogen-bond donors (Lipinski definition) is 2. The van der Waals surface area contributed by atoms with Gasteiger partial charge in [-0.05, 0) is 27.7 Å². The summed E-state index contributed by atoms with van der Waals surface area (Å²) in [5, 5.41) is 18.6. The molecule has 0 aromatic heterocycles. The van der Waals surface area contributed by atoms with Gasteiger partial charge in [0, 0.05) is 0 Å². The van der Waals surface area contributed by atoms with Gasteiger partial charge in [0.1, 0.15) is 0 Å². The topological polar surface area (TPSA) is 136 Å². The molecule has 0 aliphatic carbocycles. The van der Waals surface area contributed by atoms with E-state index in [9.17, 15) is 19.8 Å². The average Bonchev–Trinajstić information content (AvgIpc) is 2.63. The Morgan fingerprint density at radius 1 is 0.846 bits per heavy atom. The standard InChI is InChI=1S/2C8H15NO4/c2*1-4-13-8(11)7(10)6(2)9-5-12-3/h2*5-7,10H,4H2,1-3H3. The zero-order chi connectivity index (χ0) is 20.5. The van der Waals surface area contributed by atoms with E-state index in [1.54, 1.807) is 27.7 Å². The number of carbonyl (C=O) groups is 2. The van der Waals surface area contributed by atoms with Gasteiger partial charge in [0.05, 0.1) is 39.5 Å². The molecule has 2 N–H and O–H groups in total. The summed E-state index contributed by atoms with van der Waals surface area (Å²) >= 11 is 0. The summed E-state index contributed by atoms with van der Waals surface area (Å²) in [5.41, 5.74) is 0. The summed E-state index contributed by atoms with van der Waals surface area (Å²) in [4.78, 5) is 29.4. The van der Waals surface area contributed by atoms with Crippen molar-refractivity contribution in [3.05, 3.63) is 0 Å². The van der Waals surface area contributed by atoms with Crippen molar-refractivity contribution >= 4 is 24.7 Å². The van der Waals surface area contributed by atoms with Crippen molar-refractivity contribution < 1.29 is 38.7 Å². The van der Waals surface area contributed by atoms with Gasteiger partial charge in [0.15, 0.2) is 25.0 Å². The first kappa shape index (κ1) is 26.0. The molecule has 10 nitrogen and oxygen atoms in total. The molecule has 4 atom stereocenters. The number of aliphatic hydroxyl groups excluding tert-OH is 2. The summed E-state index contributed by atoms with van der Waals surface area (Å²) in [6.07, 6.45) is -0.113. The third kappa shape index (κ3) is 12.2. The third-order valence-electron chi connectivity index (χ3n) is 2.77. The molecule has 0 saturated carbocycles. The summed E-state index contributed by atoms with van der Waals surface area (Å²) in [6, 6.07) is -1.11. The van der Waals surface area contributed by atoms with Crippen LogP contribution in [0.1, 0.15) is 27.7 Å². The Morgan fingerprint density at radius 2 is 1.15 bits per heavy atom. The van der Waals surface area contributed by atoms with Gasteiger partial charge in [0.25, 0.3) is 0 Å². The van der Waals surface area contributed by atoms with E-state index in [0.29, 0.717) is 0 Å². The van der Waals surface area contributed by atoms with Crippen LogP contribution >= 0.6 is 0 Å².